The van der Waals surface area contributed by atoms with Crippen molar-refractivity contribution < 1.29 is 10.2 Å². The van der Waals surface area contributed by atoms with Gasteiger partial charge in [0.05, 0.1) is 11.0 Å². The van der Waals surface area contributed by atoms with Gasteiger partial charge in [-0.15, -0.1) is 11.8 Å². The fourth-order valence-electron chi connectivity index (χ4n) is 1.15. The first kappa shape index (κ1) is 10.4. The first-order valence-electron chi connectivity index (χ1n) is 3.94. The molecule has 3 nitrogen and oxygen atoms in total. The second kappa shape index (κ2) is 4.50. The van der Waals surface area contributed by atoms with Crippen molar-refractivity contribution in [1.82, 2.24) is 0 Å². The molecule has 0 amide bonds. The van der Waals surface area contributed by atoms with Crippen LogP contribution in [0.15, 0.2) is 23.1 Å². The molecule has 1 rings (SSSR count). The van der Waals surface area contributed by atoms with Crippen LogP contribution in [0.2, 0.25) is 0 Å². The number of phenolic OH excluding ortho intramolecular Hbond substituents is 1. The lowest BCUT2D eigenvalue weighted by Gasteiger charge is -2.13. The van der Waals surface area contributed by atoms with Crippen LogP contribution in [0, 0.1) is 0 Å². The van der Waals surface area contributed by atoms with Crippen LogP contribution in [0.5, 0.6) is 5.75 Å². The summed E-state index contributed by atoms with van der Waals surface area (Å²) in [4.78, 5) is 0.695. The molecule has 0 fully saturated rings. The van der Waals surface area contributed by atoms with E-state index in [2.05, 4.69) is 0 Å². The molecule has 72 valence electrons. The highest BCUT2D eigenvalue weighted by atomic mass is 32.2. The third-order valence-electron chi connectivity index (χ3n) is 1.81. The predicted molar refractivity (Wildman–Crippen MR) is 53.9 cm³/mol. The van der Waals surface area contributed by atoms with Gasteiger partial charge in [-0.25, -0.2) is 0 Å². The number of nitrogens with two attached hydrogens (primary N) is 1. The van der Waals surface area contributed by atoms with Gasteiger partial charge in [0.25, 0.3) is 0 Å². The molecule has 1 unspecified atom stereocenters. The maximum Gasteiger partial charge on any atom is 0.129 e. The van der Waals surface area contributed by atoms with Crippen molar-refractivity contribution in [3.05, 3.63) is 23.8 Å². The summed E-state index contributed by atoms with van der Waals surface area (Å²) in [7, 11) is 0. The molecular formula is C9H13NO2S. The smallest absolute Gasteiger partial charge is 0.129 e. The zero-order valence-electron chi connectivity index (χ0n) is 7.40. The van der Waals surface area contributed by atoms with Crippen molar-refractivity contribution >= 4 is 11.8 Å². The van der Waals surface area contributed by atoms with Crippen molar-refractivity contribution in [1.29, 1.82) is 0 Å². The highest BCUT2D eigenvalue weighted by Crippen LogP contribution is 2.33. The summed E-state index contributed by atoms with van der Waals surface area (Å²) in [6.45, 7) is 0.164. The predicted octanol–water partition coefficient (Wildman–Crippen LogP) is 1.11. The summed E-state index contributed by atoms with van der Waals surface area (Å²) < 4.78 is 0. The normalized spacial score (nSPS) is 12.8. The number of hydrogen-bond acceptors (Lipinski definition) is 4. The van der Waals surface area contributed by atoms with Gasteiger partial charge in [0.1, 0.15) is 5.75 Å². The van der Waals surface area contributed by atoms with Crippen LogP contribution in [0.1, 0.15) is 11.7 Å². The van der Waals surface area contributed by atoms with E-state index in [1.807, 2.05) is 6.26 Å². The molecule has 4 N–H and O–H groups in total. The van der Waals surface area contributed by atoms with E-state index in [9.17, 15) is 10.2 Å². The molecule has 13 heavy (non-hydrogen) atoms. The van der Waals surface area contributed by atoms with E-state index in [4.69, 9.17) is 5.73 Å². The molecular weight excluding hydrogens is 186 g/mol. The number of rotatable bonds is 3. The Morgan fingerprint density at radius 3 is 2.77 bits per heavy atom. The van der Waals surface area contributed by atoms with Gasteiger partial charge in [-0.3, -0.25) is 0 Å². The van der Waals surface area contributed by atoms with Crippen LogP contribution in [0.3, 0.4) is 0 Å². The summed E-state index contributed by atoms with van der Waals surface area (Å²) >= 11 is 1.40. The molecule has 0 radical (unpaired) electrons. The average molecular weight is 199 g/mol. The van der Waals surface area contributed by atoms with Gasteiger partial charge in [0.15, 0.2) is 0 Å². The van der Waals surface area contributed by atoms with Crippen molar-refractivity contribution in [2.24, 2.45) is 5.73 Å². The molecule has 0 aliphatic rings. The van der Waals surface area contributed by atoms with Gasteiger partial charge in [0, 0.05) is 6.54 Å². The first-order valence-corrected chi connectivity index (χ1v) is 5.17. The van der Waals surface area contributed by atoms with E-state index in [1.165, 1.54) is 11.8 Å². The lowest BCUT2D eigenvalue weighted by Crippen LogP contribution is -2.12. The highest BCUT2D eigenvalue weighted by molar-refractivity contribution is 7.98. The van der Waals surface area contributed by atoms with E-state index in [0.717, 1.165) is 0 Å². The minimum absolute atomic E-state index is 0.164. The summed E-state index contributed by atoms with van der Waals surface area (Å²) in [5.74, 6) is 0.192. The molecule has 0 aromatic heterocycles. The maximum absolute atomic E-state index is 9.52. The molecule has 0 saturated heterocycles. The maximum atomic E-state index is 9.52. The second-order valence-corrected chi connectivity index (χ2v) is 3.47. The Labute approximate surface area is 81.6 Å². The number of aliphatic hydroxyl groups is 1. The van der Waals surface area contributed by atoms with Gasteiger partial charge in [0.2, 0.25) is 0 Å². The van der Waals surface area contributed by atoms with E-state index in [-0.39, 0.29) is 12.3 Å². The molecule has 0 spiro atoms. The van der Waals surface area contributed by atoms with Crippen LogP contribution in [0.4, 0.5) is 0 Å². The molecule has 1 aromatic carbocycles. The summed E-state index contributed by atoms with van der Waals surface area (Å²) in [6, 6.07) is 5.06. The van der Waals surface area contributed by atoms with Gasteiger partial charge in [-0.05, 0) is 17.9 Å². The van der Waals surface area contributed by atoms with Crippen molar-refractivity contribution in [3.8, 4) is 5.75 Å². The second-order valence-electron chi connectivity index (χ2n) is 2.65. The zero-order chi connectivity index (χ0) is 9.84. The summed E-state index contributed by atoms with van der Waals surface area (Å²) in [5, 5.41) is 19.0. The summed E-state index contributed by atoms with van der Waals surface area (Å²) in [5.41, 5.74) is 6.03. The van der Waals surface area contributed by atoms with Gasteiger partial charge < -0.3 is 15.9 Å². The monoisotopic (exact) mass is 199 g/mol. The number of aromatic hydroxyl groups is 1. The highest BCUT2D eigenvalue weighted by Gasteiger charge is 2.12. The number of aliphatic hydroxyl groups excluding tert-OH is 1. The van der Waals surface area contributed by atoms with Crippen molar-refractivity contribution in [3.63, 3.8) is 0 Å². The van der Waals surface area contributed by atoms with Gasteiger partial charge in [-0.1, -0.05) is 12.1 Å². The number of thioether (sulfide) groups is 1. The minimum Gasteiger partial charge on any atom is -0.507 e. The Bertz CT molecular complexity index is 291. The minimum atomic E-state index is -0.699. The van der Waals surface area contributed by atoms with Crippen LogP contribution in [-0.4, -0.2) is 23.0 Å². The standard InChI is InChI=1S/C9H13NO2S/c1-13-9-6(8(12)5-10)3-2-4-7(9)11/h2-4,8,11-12H,5,10H2,1H3. The Kier molecular flexibility index (Phi) is 3.59. The van der Waals surface area contributed by atoms with Crippen LogP contribution >= 0.6 is 11.8 Å². The fourth-order valence-corrected chi connectivity index (χ4v) is 1.87. The largest absolute Gasteiger partial charge is 0.507 e. The number of hydrogen-bond donors (Lipinski definition) is 3. The Morgan fingerprint density at radius 1 is 1.54 bits per heavy atom. The van der Waals surface area contributed by atoms with Gasteiger partial charge >= 0.3 is 0 Å². The lowest BCUT2D eigenvalue weighted by molar-refractivity contribution is 0.183. The van der Waals surface area contributed by atoms with E-state index in [0.29, 0.717) is 10.5 Å². The third kappa shape index (κ3) is 2.15. The molecule has 1 aromatic rings. The van der Waals surface area contributed by atoms with E-state index in [1.54, 1.807) is 18.2 Å². The zero-order valence-corrected chi connectivity index (χ0v) is 8.21. The molecule has 0 aliphatic carbocycles. The topological polar surface area (TPSA) is 66.5 Å². The van der Waals surface area contributed by atoms with Crippen molar-refractivity contribution in [2.45, 2.75) is 11.0 Å². The molecule has 0 aliphatic heterocycles. The third-order valence-corrected chi connectivity index (χ3v) is 2.66. The average Bonchev–Trinajstić information content (AvgIpc) is 2.16. The Hall–Kier alpha value is -0.710. The fraction of sp³-hybridized carbons (Fsp3) is 0.333. The molecule has 0 bridgehead atoms. The SMILES string of the molecule is CSc1c(O)cccc1C(O)CN. The Balaban J connectivity index is 3.12. The lowest BCUT2D eigenvalue weighted by atomic mass is 10.1. The molecule has 1 atom stereocenters. The molecule has 4 heteroatoms. The van der Waals surface area contributed by atoms with Gasteiger partial charge in [-0.2, -0.15) is 0 Å². The Morgan fingerprint density at radius 2 is 2.23 bits per heavy atom. The number of phenols is 1. The van der Waals surface area contributed by atoms with Crippen LogP contribution in [0.25, 0.3) is 0 Å². The quantitative estimate of drug-likeness (QED) is 0.638. The summed E-state index contributed by atoms with van der Waals surface area (Å²) in [6.07, 6.45) is 1.15. The van der Waals surface area contributed by atoms with E-state index >= 15 is 0 Å². The van der Waals surface area contributed by atoms with E-state index < -0.39 is 6.10 Å². The van der Waals surface area contributed by atoms with Crippen LogP contribution < -0.4 is 5.73 Å². The van der Waals surface area contributed by atoms with Crippen molar-refractivity contribution in [2.75, 3.05) is 12.8 Å². The molecule has 0 heterocycles. The first-order chi connectivity index (χ1) is 6.20. The van der Waals surface area contributed by atoms with Crippen LogP contribution in [-0.2, 0) is 0 Å². The number of benzene rings is 1. The molecule has 0 saturated carbocycles.